The second-order valence-electron chi connectivity index (χ2n) is 8.01. The van der Waals surface area contributed by atoms with Crippen LogP contribution in [0.4, 0.5) is 0 Å². The molecular weight excluding hydrogens is 418 g/mol. The Labute approximate surface area is 191 Å². The number of hydrogen-bond acceptors (Lipinski definition) is 5. The first kappa shape index (κ1) is 22.2. The molecule has 0 radical (unpaired) electrons. The van der Waals surface area contributed by atoms with Crippen LogP contribution in [-0.4, -0.2) is 44.4 Å². The van der Waals surface area contributed by atoms with Crippen LogP contribution in [0.2, 0.25) is 0 Å². The van der Waals surface area contributed by atoms with E-state index < -0.39 is 11.9 Å². The molecular formula is C25H25N5O3. The monoisotopic (exact) mass is 443 g/mol. The number of rotatable bonds is 8. The molecule has 0 saturated heterocycles. The molecule has 8 heteroatoms. The molecule has 3 N–H and O–H groups in total. The maximum Gasteiger partial charge on any atom is 0.254 e. The third-order valence-electron chi connectivity index (χ3n) is 5.83. The maximum absolute atomic E-state index is 13.3. The molecule has 3 aromatic carbocycles. The Morgan fingerprint density at radius 1 is 1.03 bits per heavy atom. The average Bonchev–Trinajstić information content (AvgIpc) is 3.38. The fourth-order valence-corrected chi connectivity index (χ4v) is 4.27. The summed E-state index contributed by atoms with van der Waals surface area (Å²) in [6.45, 7) is 0. The van der Waals surface area contributed by atoms with Gasteiger partial charge in [-0.2, -0.15) is 15.4 Å². The summed E-state index contributed by atoms with van der Waals surface area (Å²) in [5.41, 5.74) is 3.81. The van der Waals surface area contributed by atoms with Crippen molar-refractivity contribution in [3.63, 3.8) is 0 Å². The van der Waals surface area contributed by atoms with Gasteiger partial charge in [0.05, 0.1) is 12.2 Å². The molecule has 33 heavy (non-hydrogen) atoms. The van der Waals surface area contributed by atoms with Gasteiger partial charge in [0.15, 0.2) is 0 Å². The van der Waals surface area contributed by atoms with E-state index in [1.165, 1.54) is 0 Å². The number of carbonyl (C=O) groups excluding carboxylic acids is 2. The van der Waals surface area contributed by atoms with Crippen molar-refractivity contribution in [2.24, 2.45) is 5.92 Å². The number of fused-ring (bicyclic) bond motifs is 1. The van der Waals surface area contributed by atoms with Crippen LogP contribution in [0.15, 0.2) is 79.0 Å². The SMILES string of the molecule is CN(C(=O)c1ccccc1)C(c1cn[nH]n1)C(CC(=O)NO)Cc1ccc2ccccc2c1. The van der Waals surface area contributed by atoms with Crippen LogP contribution in [0.25, 0.3) is 10.8 Å². The lowest BCUT2D eigenvalue weighted by atomic mass is 9.85. The van der Waals surface area contributed by atoms with Crippen molar-refractivity contribution in [1.29, 1.82) is 0 Å². The van der Waals surface area contributed by atoms with Gasteiger partial charge in [-0.3, -0.25) is 14.8 Å². The molecule has 0 fully saturated rings. The Hall–Kier alpha value is -4.04. The van der Waals surface area contributed by atoms with E-state index in [1.54, 1.807) is 47.9 Å². The van der Waals surface area contributed by atoms with Crippen molar-refractivity contribution in [1.82, 2.24) is 25.8 Å². The maximum atomic E-state index is 13.3. The van der Waals surface area contributed by atoms with Crippen molar-refractivity contribution < 1.29 is 14.8 Å². The van der Waals surface area contributed by atoms with E-state index in [0.717, 1.165) is 16.3 Å². The highest BCUT2D eigenvalue weighted by atomic mass is 16.5. The third-order valence-corrected chi connectivity index (χ3v) is 5.83. The number of benzene rings is 3. The van der Waals surface area contributed by atoms with E-state index in [9.17, 15) is 14.8 Å². The summed E-state index contributed by atoms with van der Waals surface area (Å²) < 4.78 is 0. The number of carbonyl (C=O) groups is 2. The van der Waals surface area contributed by atoms with Gasteiger partial charge in [-0.15, -0.1) is 0 Å². The van der Waals surface area contributed by atoms with E-state index in [4.69, 9.17) is 0 Å². The Morgan fingerprint density at radius 2 is 1.76 bits per heavy atom. The van der Waals surface area contributed by atoms with Crippen LogP contribution in [-0.2, 0) is 11.2 Å². The van der Waals surface area contributed by atoms with Crippen molar-refractivity contribution in [2.75, 3.05) is 7.05 Å². The first-order chi connectivity index (χ1) is 16.1. The molecule has 0 bridgehead atoms. The lowest BCUT2D eigenvalue weighted by Gasteiger charge is -2.33. The standard InChI is InChI=1S/C25H25N5O3/c1-30(25(32)19-8-3-2-4-9-19)24(22-16-26-29-27-22)21(15-23(31)28-33)14-17-11-12-18-7-5-6-10-20(18)13-17/h2-13,16,21,24,33H,14-15H2,1H3,(H,28,31)(H,26,27,29). The van der Waals surface area contributed by atoms with Crippen molar-refractivity contribution in [3.05, 3.63) is 95.8 Å². The zero-order chi connectivity index (χ0) is 23.2. The molecule has 1 aromatic heterocycles. The smallest absolute Gasteiger partial charge is 0.254 e. The zero-order valence-electron chi connectivity index (χ0n) is 18.2. The van der Waals surface area contributed by atoms with Crippen molar-refractivity contribution in [3.8, 4) is 0 Å². The molecule has 0 spiro atoms. The van der Waals surface area contributed by atoms with Gasteiger partial charge < -0.3 is 4.90 Å². The van der Waals surface area contributed by atoms with Gasteiger partial charge in [-0.25, -0.2) is 5.48 Å². The minimum Gasteiger partial charge on any atom is -0.333 e. The first-order valence-corrected chi connectivity index (χ1v) is 10.7. The summed E-state index contributed by atoms with van der Waals surface area (Å²) in [5.74, 6) is -1.10. The number of aromatic nitrogens is 3. The number of hydroxylamine groups is 1. The zero-order valence-corrected chi connectivity index (χ0v) is 18.2. The summed E-state index contributed by atoms with van der Waals surface area (Å²) in [6.07, 6.45) is 2.04. The summed E-state index contributed by atoms with van der Waals surface area (Å²) in [6, 6.07) is 22.6. The Bertz CT molecular complexity index is 1230. The number of amides is 2. The summed E-state index contributed by atoms with van der Waals surface area (Å²) in [7, 11) is 1.69. The van der Waals surface area contributed by atoms with Crippen LogP contribution < -0.4 is 5.48 Å². The molecule has 0 aliphatic heterocycles. The number of nitrogens with one attached hydrogen (secondary N) is 2. The highest BCUT2D eigenvalue weighted by molar-refractivity contribution is 5.94. The van der Waals surface area contributed by atoms with Gasteiger partial charge in [0.2, 0.25) is 5.91 Å². The van der Waals surface area contributed by atoms with Gasteiger partial charge in [-0.1, -0.05) is 60.7 Å². The van der Waals surface area contributed by atoms with Crippen LogP contribution >= 0.6 is 0 Å². The lowest BCUT2D eigenvalue weighted by molar-refractivity contribution is -0.130. The summed E-state index contributed by atoms with van der Waals surface area (Å²) in [5, 5.41) is 22.2. The van der Waals surface area contributed by atoms with Gasteiger partial charge in [0.1, 0.15) is 5.69 Å². The number of nitrogens with zero attached hydrogens (tertiary/aromatic N) is 3. The number of H-pyrrole nitrogens is 1. The molecule has 1 heterocycles. The summed E-state index contributed by atoms with van der Waals surface area (Å²) >= 11 is 0. The molecule has 0 aliphatic rings. The predicted octanol–water partition coefficient (Wildman–Crippen LogP) is 3.53. The molecule has 0 aliphatic carbocycles. The van der Waals surface area contributed by atoms with Crippen LogP contribution in [0.5, 0.6) is 0 Å². The van der Waals surface area contributed by atoms with Crippen LogP contribution in [0.1, 0.15) is 34.1 Å². The van der Waals surface area contributed by atoms with E-state index in [0.29, 0.717) is 17.7 Å². The highest BCUT2D eigenvalue weighted by Crippen LogP contribution is 2.33. The fraction of sp³-hybridized carbons (Fsp3) is 0.200. The van der Waals surface area contributed by atoms with Crippen molar-refractivity contribution in [2.45, 2.75) is 18.9 Å². The molecule has 2 amide bonds. The number of aromatic amines is 1. The molecule has 8 nitrogen and oxygen atoms in total. The normalized spacial score (nSPS) is 12.8. The predicted molar refractivity (Wildman–Crippen MR) is 123 cm³/mol. The highest BCUT2D eigenvalue weighted by Gasteiger charge is 2.34. The van der Waals surface area contributed by atoms with E-state index >= 15 is 0 Å². The summed E-state index contributed by atoms with van der Waals surface area (Å²) in [4.78, 5) is 27.1. The number of hydrogen-bond donors (Lipinski definition) is 3. The first-order valence-electron chi connectivity index (χ1n) is 10.7. The van der Waals surface area contributed by atoms with Gasteiger partial charge in [-0.05, 0) is 40.8 Å². The van der Waals surface area contributed by atoms with E-state index in [2.05, 4.69) is 21.5 Å². The molecule has 4 aromatic rings. The lowest BCUT2D eigenvalue weighted by Crippen LogP contribution is -2.38. The Balaban J connectivity index is 1.71. The second-order valence-corrected chi connectivity index (χ2v) is 8.01. The molecule has 2 atom stereocenters. The van der Waals surface area contributed by atoms with E-state index in [1.807, 2.05) is 42.5 Å². The van der Waals surface area contributed by atoms with Crippen LogP contribution in [0.3, 0.4) is 0 Å². The van der Waals surface area contributed by atoms with Crippen molar-refractivity contribution >= 4 is 22.6 Å². The minimum absolute atomic E-state index is 0.00668. The molecule has 0 saturated carbocycles. The fourth-order valence-electron chi connectivity index (χ4n) is 4.27. The van der Waals surface area contributed by atoms with Gasteiger partial charge >= 0.3 is 0 Å². The van der Waals surface area contributed by atoms with Gasteiger partial charge in [0, 0.05) is 19.0 Å². The molecule has 168 valence electrons. The second kappa shape index (κ2) is 10.1. The average molecular weight is 444 g/mol. The van der Waals surface area contributed by atoms with Gasteiger partial charge in [0.25, 0.3) is 5.91 Å². The minimum atomic E-state index is -0.555. The Kier molecular flexibility index (Phi) is 6.75. The third kappa shape index (κ3) is 5.07. The van der Waals surface area contributed by atoms with Crippen LogP contribution in [0, 0.1) is 5.92 Å². The van der Waals surface area contributed by atoms with E-state index in [-0.39, 0.29) is 18.2 Å². The largest absolute Gasteiger partial charge is 0.333 e. The molecule has 4 rings (SSSR count). The Morgan fingerprint density at radius 3 is 2.45 bits per heavy atom. The molecule has 2 unspecified atom stereocenters. The topological polar surface area (TPSA) is 111 Å². The quantitative estimate of drug-likeness (QED) is 0.285.